The molecule has 0 aliphatic carbocycles. The summed E-state index contributed by atoms with van der Waals surface area (Å²) >= 11 is 7.55. The Morgan fingerprint density at radius 1 is 1.09 bits per heavy atom. The van der Waals surface area contributed by atoms with Crippen LogP contribution in [0.2, 0.25) is 5.02 Å². The van der Waals surface area contributed by atoms with Crippen molar-refractivity contribution in [2.75, 3.05) is 39.3 Å². The van der Waals surface area contributed by atoms with Crippen molar-refractivity contribution < 1.29 is 42.1 Å². The van der Waals surface area contributed by atoms with Crippen LogP contribution in [0, 0.1) is 5.92 Å². The predicted molar refractivity (Wildman–Crippen MR) is 212 cm³/mol. The van der Waals surface area contributed by atoms with Crippen molar-refractivity contribution in [3.8, 4) is 17.1 Å². The average molecular weight is 841 g/mol. The zero-order valence-corrected chi connectivity index (χ0v) is 33.4. The molecule has 0 saturated carbocycles. The van der Waals surface area contributed by atoms with Gasteiger partial charge in [-0.25, -0.2) is 4.98 Å². The molecule has 1 saturated heterocycles. The van der Waals surface area contributed by atoms with Gasteiger partial charge in [-0.2, -0.15) is 13.2 Å². The minimum atomic E-state index is -4.63. The van der Waals surface area contributed by atoms with Gasteiger partial charge in [0.05, 0.1) is 23.9 Å². The number of hydrogen-bond acceptors (Lipinski definition) is 11. The number of piperazine rings is 1. The average Bonchev–Trinajstić information content (AvgIpc) is 3.86. The van der Waals surface area contributed by atoms with Crippen LogP contribution >= 0.6 is 22.9 Å². The van der Waals surface area contributed by atoms with Gasteiger partial charge in [-0.1, -0.05) is 29.8 Å². The smallest absolute Gasteiger partial charge is 0.405 e. The zero-order chi connectivity index (χ0) is 41.2. The number of pyridine rings is 1. The minimum Gasteiger partial charge on any atom is -0.490 e. The summed E-state index contributed by atoms with van der Waals surface area (Å²) in [5.74, 6) is -0.625. The summed E-state index contributed by atoms with van der Waals surface area (Å²) in [5, 5.41) is 29.1. The molecule has 0 bridgehead atoms. The molecule has 1 fully saturated rings. The number of nitrogens with one attached hydrogen (secondary N) is 2. The number of alkyl halides is 3. The van der Waals surface area contributed by atoms with Crippen molar-refractivity contribution in [3.05, 3.63) is 101 Å². The number of amides is 2. The van der Waals surface area contributed by atoms with Gasteiger partial charge in [0.15, 0.2) is 5.76 Å². The van der Waals surface area contributed by atoms with E-state index < -0.39 is 60.3 Å². The molecule has 2 aliphatic rings. The van der Waals surface area contributed by atoms with E-state index in [4.69, 9.17) is 20.8 Å². The van der Waals surface area contributed by atoms with Gasteiger partial charge >= 0.3 is 6.18 Å². The second kappa shape index (κ2) is 17.3. The van der Waals surface area contributed by atoms with E-state index in [0.717, 1.165) is 20.5 Å². The lowest BCUT2D eigenvalue weighted by molar-refractivity contribution is -0.144. The number of fused-ring (bicyclic) bond motifs is 2. The number of ether oxygens (including phenoxy) is 1. The number of halogens is 4. The first-order valence-electron chi connectivity index (χ1n) is 18.9. The molecule has 17 heteroatoms. The van der Waals surface area contributed by atoms with Gasteiger partial charge in [-0.15, -0.1) is 11.3 Å². The highest BCUT2D eigenvalue weighted by Gasteiger charge is 2.43. The van der Waals surface area contributed by atoms with Crippen LogP contribution in [-0.2, 0) is 21.5 Å². The van der Waals surface area contributed by atoms with E-state index in [9.17, 15) is 33.0 Å². The molecule has 4 N–H and O–H groups in total. The maximum Gasteiger partial charge on any atom is 0.405 e. The maximum absolute atomic E-state index is 14.2. The number of thiophene rings is 1. The molecule has 2 amide bonds. The van der Waals surface area contributed by atoms with Crippen LogP contribution in [0.1, 0.15) is 42.6 Å². The number of para-hydroxylation sites is 1. The van der Waals surface area contributed by atoms with Gasteiger partial charge < -0.3 is 30.0 Å². The highest BCUT2D eigenvalue weighted by Crippen LogP contribution is 2.35. The Bertz CT molecular complexity index is 2180. The molecule has 2 aromatic carbocycles. The number of hydrogen-bond donors (Lipinski definition) is 4. The number of oxazole rings is 1. The van der Waals surface area contributed by atoms with Crippen LogP contribution < -0.4 is 15.4 Å². The Morgan fingerprint density at radius 2 is 1.86 bits per heavy atom. The van der Waals surface area contributed by atoms with E-state index in [1.165, 1.54) is 11.3 Å². The first kappa shape index (κ1) is 41.6. The highest BCUT2D eigenvalue weighted by atomic mass is 35.5. The van der Waals surface area contributed by atoms with Crippen LogP contribution in [-0.4, -0.2) is 106 Å². The number of aliphatic hydroxyl groups excluding tert-OH is 2. The molecule has 0 spiro atoms. The third-order valence-corrected chi connectivity index (χ3v) is 12.1. The Kier molecular flexibility index (Phi) is 12.4. The lowest BCUT2D eigenvalue weighted by Crippen LogP contribution is -2.63. The number of carbonyl (C=O) groups is 2. The van der Waals surface area contributed by atoms with E-state index in [1.807, 2.05) is 36.2 Å². The number of rotatable bonds is 13. The topological polar surface area (TPSA) is 153 Å². The number of carbonyl (C=O) groups excluding carboxylic acids is 2. The number of aromatic nitrogens is 2. The van der Waals surface area contributed by atoms with Crippen molar-refractivity contribution in [3.63, 3.8) is 0 Å². The fraction of sp³-hybridized carbons (Fsp3) is 0.415. The molecule has 2 aliphatic heterocycles. The van der Waals surface area contributed by atoms with Gasteiger partial charge in [0.2, 0.25) is 17.7 Å². The summed E-state index contributed by atoms with van der Waals surface area (Å²) in [5.41, 5.74) is 0.502. The Labute approximate surface area is 342 Å². The van der Waals surface area contributed by atoms with E-state index in [2.05, 4.69) is 15.3 Å². The fourth-order valence-corrected chi connectivity index (χ4v) is 8.81. The van der Waals surface area contributed by atoms with Crippen molar-refractivity contribution in [1.82, 2.24) is 30.4 Å². The summed E-state index contributed by atoms with van der Waals surface area (Å²) in [7, 11) is 0. The lowest BCUT2D eigenvalue weighted by Gasteiger charge is -2.46. The van der Waals surface area contributed by atoms with Crippen molar-refractivity contribution >= 4 is 44.8 Å². The van der Waals surface area contributed by atoms with Gasteiger partial charge in [-0.05, 0) is 69.2 Å². The monoisotopic (exact) mass is 840 g/mol. The van der Waals surface area contributed by atoms with Gasteiger partial charge in [-0.3, -0.25) is 24.4 Å². The quantitative estimate of drug-likeness (QED) is 0.116. The van der Waals surface area contributed by atoms with Gasteiger partial charge in [0.25, 0.3) is 0 Å². The molecular formula is C41H44ClF3N6O6S. The molecule has 7 rings (SSSR count). The zero-order valence-electron chi connectivity index (χ0n) is 31.8. The SMILES string of the molecule is CC(C)(c1ncc(-c2ccc(Cl)cc2)o1)N1CCN(C[C@@H](O)C[C@@H](Cc2cc3cnccc3s2)C(=O)N[C@H]2c3ccccc3OC[C@H]2O)[C@H](C(=O)NCC(F)(F)F)C1. The van der Waals surface area contributed by atoms with Crippen LogP contribution in [0.25, 0.3) is 21.4 Å². The molecule has 0 radical (unpaired) electrons. The molecule has 5 heterocycles. The van der Waals surface area contributed by atoms with Crippen LogP contribution in [0.3, 0.4) is 0 Å². The lowest BCUT2D eigenvalue weighted by atomic mass is 9.92. The second-order valence-electron chi connectivity index (χ2n) is 15.2. The van der Waals surface area contributed by atoms with Gasteiger partial charge in [0, 0.05) is 75.6 Å². The van der Waals surface area contributed by atoms with Gasteiger partial charge in [0.1, 0.15) is 31.0 Å². The summed E-state index contributed by atoms with van der Waals surface area (Å²) in [6.07, 6.45) is -1.58. The van der Waals surface area contributed by atoms with Crippen molar-refractivity contribution in [2.45, 2.75) is 62.7 Å². The first-order chi connectivity index (χ1) is 27.6. The van der Waals surface area contributed by atoms with E-state index >= 15 is 0 Å². The maximum atomic E-state index is 14.2. The molecular weight excluding hydrogens is 797 g/mol. The van der Waals surface area contributed by atoms with Crippen LogP contribution in [0.4, 0.5) is 13.2 Å². The molecule has 308 valence electrons. The number of benzene rings is 2. The molecule has 3 aromatic heterocycles. The fourth-order valence-electron chi connectivity index (χ4n) is 7.57. The summed E-state index contributed by atoms with van der Waals surface area (Å²) < 4.78 is 52.7. The number of β-amino-alcohol motifs (C(OH)–C–C–N with tert-alkyl or cyclic N) is 1. The standard InChI is InChI=1S/C41H44ClF3N6O6S/c1-40(2,39-47-19-34(57-39)24-7-9-27(42)10-8-24)51-14-13-50(31(21-51)38(55)48-23-41(43,44)45)20-28(52)15-25(16-29-17-26-18-46-12-11-35(26)58-29)37(54)49-36-30-5-3-4-6-33(30)56-22-32(36)53/h3-12,17-19,25,28,31-32,36,52-53H,13-16,20-23H2,1-2H3,(H,48,55)(H,49,54)/t25-,28-,31-,32+,36-/m0/s1. The number of nitrogens with zero attached hydrogens (tertiary/aromatic N) is 4. The molecule has 0 unspecified atom stereocenters. The summed E-state index contributed by atoms with van der Waals surface area (Å²) in [6, 6.07) is 16.2. The highest BCUT2D eigenvalue weighted by molar-refractivity contribution is 7.19. The Hall–Kier alpha value is -4.58. The number of aliphatic hydroxyl groups is 2. The third kappa shape index (κ3) is 9.64. The summed E-state index contributed by atoms with van der Waals surface area (Å²) in [4.78, 5) is 40.9. The normalized spacial score (nSPS) is 20.2. The molecule has 5 atom stereocenters. The van der Waals surface area contributed by atoms with Crippen LogP contribution in [0.5, 0.6) is 5.75 Å². The summed E-state index contributed by atoms with van der Waals surface area (Å²) in [6.45, 7) is 2.67. The predicted octanol–water partition coefficient (Wildman–Crippen LogP) is 5.73. The first-order valence-corrected chi connectivity index (χ1v) is 20.1. The molecule has 12 nitrogen and oxygen atoms in total. The molecule has 5 aromatic rings. The minimum absolute atomic E-state index is 0.00283. The largest absolute Gasteiger partial charge is 0.490 e. The van der Waals surface area contributed by atoms with Crippen LogP contribution in [0.15, 0.2) is 83.7 Å². The molecule has 58 heavy (non-hydrogen) atoms. The van der Waals surface area contributed by atoms with E-state index in [0.29, 0.717) is 34.5 Å². The van der Waals surface area contributed by atoms with E-state index in [1.54, 1.807) is 72.0 Å². The Balaban J connectivity index is 1.09. The van der Waals surface area contributed by atoms with Crippen molar-refractivity contribution in [2.24, 2.45) is 5.92 Å². The van der Waals surface area contributed by atoms with E-state index in [-0.39, 0.29) is 39.1 Å². The second-order valence-corrected chi connectivity index (χ2v) is 16.8. The third-order valence-electron chi connectivity index (χ3n) is 10.7. The van der Waals surface area contributed by atoms with Crippen molar-refractivity contribution in [1.29, 1.82) is 0 Å². The Morgan fingerprint density at radius 3 is 2.62 bits per heavy atom.